The van der Waals surface area contributed by atoms with Gasteiger partial charge in [-0.3, -0.25) is 4.84 Å². The number of rotatable bonds is 6. The van der Waals surface area contributed by atoms with E-state index in [0.717, 1.165) is 26.1 Å². The molecular formula is C9H17F3N2O. The highest BCUT2D eigenvalue weighted by molar-refractivity contribution is 4.65. The fourth-order valence-electron chi connectivity index (χ4n) is 1.59. The van der Waals surface area contributed by atoms with E-state index < -0.39 is 12.8 Å². The minimum absolute atomic E-state index is 0.465. The molecule has 1 fully saturated rings. The third kappa shape index (κ3) is 6.70. The van der Waals surface area contributed by atoms with Crippen LogP contribution < -0.4 is 5.48 Å². The van der Waals surface area contributed by atoms with Crippen LogP contribution in [0.4, 0.5) is 13.2 Å². The largest absolute Gasteiger partial charge is 0.413 e. The number of halogens is 3. The molecule has 0 unspecified atom stereocenters. The van der Waals surface area contributed by atoms with Crippen molar-refractivity contribution in [1.82, 2.24) is 10.4 Å². The maximum absolute atomic E-state index is 11.6. The zero-order valence-corrected chi connectivity index (χ0v) is 8.65. The Hall–Kier alpha value is -0.330. The second kappa shape index (κ2) is 6.30. The van der Waals surface area contributed by atoms with Crippen LogP contribution in [-0.2, 0) is 4.84 Å². The van der Waals surface area contributed by atoms with Crippen LogP contribution in [0.2, 0.25) is 0 Å². The molecule has 1 aliphatic rings. The summed E-state index contributed by atoms with van der Waals surface area (Å²) in [5, 5.41) is 0. The molecule has 6 heteroatoms. The Balaban J connectivity index is 1.84. The first-order chi connectivity index (χ1) is 7.08. The molecule has 1 N–H and O–H groups in total. The van der Waals surface area contributed by atoms with Crippen molar-refractivity contribution in [3.05, 3.63) is 0 Å². The van der Waals surface area contributed by atoms with Gasteiger partial charge in [-0.25, -0.2) is 5.48 Å². The van der Waals surface area contributed by atoms with Gasteiger partial charge < -0.3 is 4.90 Å². The maximum atomic E-state index is 11.6. The van der Waals surface area contributed by atoms with Gasteiger partial charge >= 0.3 is 6.18 Å². The van der Waals surface area contributed by atoms with Gasteiger partial charge in [0.2, 0.25) is 0 Å². The van der Waals surface area contributed by atoms with Crippen molar-refractivity contribution >= 4 is 0 Å². The summed E-state index contributed by atoms with van der Waals surface area (Å²) in [6.45, 7) is 2.40. The first kappa shape index (κ1) is 12.7. The first-order valence-electron chi connectivity index (χ1n) is 5.22. The highest BCUT2D eigenvalue weighted by Crippen LogP contribution is 2.13. The third-order valence-corrected chi connectivity index (χ3v) is 2.29. The Morgan fingerprint density at radius 2 is 1.87 bits per heavy atom. The van der Waals surface area contributed by atoms with E-state index in [0.29, 0.717) is 6.54 Å². The third-order valence-electron chi connectivity index (χ3n) is 2.29. The van der Waals surface area contributed by atoms with Crippen molar-refractivity contribution in [1.29, 1.82) is 0 Å². The summed E-state index contributed by atoms with van der Waals surface area (Å²) in [4.78, 5) is 6.58. The van der Waals surface area contributed by atoms with Gasteiger partial charge in [0.15, 0.2) is 6.61 Å². The number of likely N-dealkylation sites (tertiary alicyclic amines) is 1. The van der Waals surface area contributed by atoms with E-state index in [1.165, 1.54) is 12.8 Å². The number of nitrogens with zero attached hydrogens (tertiary/aromatic N) is 1. The molecule has 1 aliphatic heterocycles. The molecule has 0 saturated carbocycles. The Labute approximate surface area is 87.5 Å². The molecule has 0 bridgehead atoms. The molecule has 1 rings (SSSR count). The molecule has 0 spiro atoms. The summed E-state index contributed by atoms with van der Waals surface area (Å²) in [5.74, 6) is 0. The molecule has 0 aliphatic carbocycles. The topological polar surface area (TPSA) is 24.5 Å². The minimum Gasteiger partial charge on any atom is -0.303 e. The summed E-state index contributed by atoms with van der Waals surface area (Å²) >= 11 is 0. The van der Waals surface area contributed by atoms with E-state index in [2.05, 4.69) is 15.2 Å². The molecule has 0 aromatic heterocycles. The number of hydrogen-bond donors (Lipinski definition) is 1. The van der Waals surface area contributed by atoms with Gasteiger partial charge in [-0.05, 0) is 38.9 Å². The molecule has 90 valence electrons. The van der Waals surface area contributed by atoms with Crippen LogP contribution in [0.5, 0.6) is 0 Å². The monoisotopic (exact) mass is 226 g/mol. The lowest BCUT2D eigenvalue weighted by Crippen LogP contribution is -2.28. The second-order valence-corrected chi connectivity index (χ2v) is 3.70. The van der Waals surface area contributed by atoms with E-state index >= 15 is 0 Å². The van der Waals surface area contributed by atoms with Gasteiger partial charge in [-0.2, -0.15) is 13.2 Å². The zero-order valence-electron chi connectivity index (χ0n) is 8.65. The molecular weight excluding hydrogens is 209 g/mol. The van der Waals surface area contributed by atoms with Gasteiger partial charge in [-0.15, -0.1) is 0 Å². The Bertz CT molecular complexity index is 169. The summed E-state index contributed by atoms with van der Waals surface area (Å²) in [5.41, 5.74) is 2.32. The van der Waals surface area contributed by atoms with Gasteiger partial charge in [0.25, 0.3) is 0 Å². The van der Waals surface area contributed by atoms with Crippen molar-refractivity contribution < 1.29 is 18.0 Å². The average molecular weight is 226 g/mol. The van der Waals surface area contributed by atoms with E-state index in [1.54, 1.807) is 0 Å². The van der Waals surface area contributed by atoms with Crippen LogP contribution in [-0.4, -0.2) is 43.9 Å². The quantitative estimate of drug-likeness (QED) is 0.549. The molecule has 0 radical (unpaired) electrons. The SMILES string of the molecule is FC(F)(F)CONCCCN1CCCC1. The molecule has 0 atom stereocenters. The normalized spacial score (nSPS) is 18.6. The van der Waals surface area contributed by atoms with Crippen molar-refractivity contribution in [3.8, 4) is 0 Å². The lowest BCUT2D eigenvalue weighted by Gasteiger charge is -2.14. The van der Waals surface area contributed by atoms with E-state index in [9.17, 15) is 13.2 Å². The molecule has 15 heavy (non-hydrogen) atoms. The summed E-state index contributed by atoms with van der Waals surface area (Å²) in [6.07, 6.45) is -0.962. The second-order valence-electron chi connectivity index (χ2n) is 3.70. The highest BCUT2D eigenvalue weighted by atomic mass is 19.4. The summed E-state index contributed by atoms with van der Waals surface area (Å²) in [6, 6.07) is 0. The standard InChI is InChI=1S/C9H17F3N2O/c10-9(11,12)8-15-13-4-3-7-14-5-1-2-6-14/h13H,1-8H2. The Morgan fingerprint density at radius 1 is 1.20 bits per heavy atom. The Morgan fingerprint density at radius 3 is 2.47 bits per heavy atom. The van der Waals surface area contributed by atoms with E-state index in [-0.39, 0.29) is 0 Å². The maximum Gasteiger partial charge on any atom is 0.413 e. The van der Waals surface area contributed by atoms with Crippen LogP contribution in [0.15, 0.2) is 0 Å². The lowest BCUT2D eigenvalue weighted by atomic mass is 10.4. The van der Waals surface area contributed by atoms with Crippen LogP contribution >= 0.6 is 0 Å². The van der Waals surface area contributed by atoms with E-state index in [1.807, 2.05) is 0 Å². The smallest absolute Gasteiger partial charge is 0.303 e. The number of nitrogens with one attached hydrogen (secondary N) is 1. The Kier molecular flexibility index (Phi) is 5.35. The summed E-state index contributed by atoms with van der Waals surface area (Å²) < 4.78 is 34.9. The highest BCUT2D eigenvalue weighted by Gasteiger charge is 2.27. The van der Waals surface area contributed by atoms with Gasteiger partial charge in [0.05, 0.1) is 0 Å². The fraction of sp³-hybridized carbons (Fsp3) is 1.00. The zero-order chi connectivity index (χ0) is 11.1. The molecule has 1 saturated heterocycles. The van der Waals surface area contributed by atoms with Gasteiger partial charge in [0, 0.05) is 6.54 Å². The predicted octanol–water partition coefficient (Wildman–Crippen LogP) is 1.56. The van der Waals surface area contributed by atoms with Crippen LogP contribution in [0, 0.1) is 0 Å². The van der Waals surface area contributed by atoms with Crippen LogP contribution in [0.3, 0.4) is 0 Å². The number of alkyl halides is 3. The minimum atomic E-state index is -4.25. The first-order valence-corrected chi connectivity index (χ1v) is 5.22. The number of hydroxylamine groups is 1. The van der Waals surface area contributed by atoms with Gasteiger partial charge in [0.1, 0.15) is 0 Å². The lowest BCUT2D eigenvalue weighted by molar-refractivity contribution is -0.189. The number of hydrogen-bond acceptors (Lipinski definition) is 3. The van der Waals surface area contributed by atoms with Crippen LogP contribution in [0.25, 0.3) is 0 Å². The van der Waals surface area contributed by atoms with Crippen LogP contribution in [0.1, 0.15) is 19.3 Å². The van der Waals surface area contributed by atoms with Gasteiger partial charge in [-0.1, -0.05) is 0 Å². The molecule has 0 aromatic carbocycles. The van der Waals surface area contributed by atoms with E-state index in [4.69, 9.17) is 0 Å². The van der Waals surface area contributed by atoms with Crippen molar-refractivity contribution in [2.24, 2.45) is 0 Å². The fourth-order valence-corrected chi connectivity index (χ4v) is 1.59. The molecule has 0 amide bonds. The molecule has 0 aromatic rings. The van der Waals surface area contributed by atoms with Crippen molar-refractivity contribution in [3.63, 3.8) is 0 Å². The summed E-state index contributed by atoms with van der Waals surface area (Å²) in [7, 11) is 0. The predicted molar refractivity (Wildman–Crippen MR) is 50.3 cm³/mol. The molecule has 3 nitrogen and oxygen atoms in total. The van der Waals surface area contributed by atoms with Crippen molar-refractivity contribution in [2.75, 3.05) is 32.8 Å². The van der Waals surface area contributed by atoms with Crippen molar-refractivity contribution in [2.45, 2.75) is 25.4 Å². The average Bonchev–Trinajstić information content (AvgIpc) is 2.61. The molecule has 1 heterocycles.